The van der Waals surface area contributed by atoms with E-state index in [9.17, 15) is 14.7 Å². The van der Waals surface area contributed by atoms with Crippen molar-refractivity contribution >= 4 is 28.3 Å². The Labute approximate surface area is 214 Å². The van der Waals surface area contributed by atoms with E-state index in [4.69, 9.17) is 15.2 Å². The van der Waals surface area contributed by atoms with Crippen LogP contribution in [-0.4, -0.2) is 29.1 Å². The number of amides is 1. The summed E-state index contributed by atoms with van der Waals surface area (Å²) in [6, 6.07) is 25.2. The summed E-state index contributed by atoms with van der Waals surface area (Å²) in [5, 5.41) is 14.0. The molecular formula is C30H28N2O5. The van der Waals surface area contributed by atoms with Crippen LogP contribution in [0.15, 0.2) is 84.9 Å². The van der Waals surface area contributed by atoms with Gasteiger partial charge in [0.05, 0.1) is 17.4 Å². The zero-order valence-electron chi connectivity index (χ0n) is 20.2. The molecule has 0 spiro atoms. The Bertz CT molecular complexity index is 1430. The van der Waals surface area contributed by atoms with Gasteiger partial charge in [-0.3, -0.25) is 4.79 Å². The van der Waals surface area contributed by atoms with E-state index in [1.807, 2.05) is 36.4 Å². The quantitative estimate of drug-likeness (QED) is 0.280. The van der Waals surface area contributed by atoms with Crippen LogP contribution in [0.5, 0.6) is 17.2 Å². The average Bonchev–Trinajstić information content (AvgIpc) is 2.90. The van der Waals surface area contributed by atoms with Crippen molar-refractivity contribution in [2.24, 2.45) is 5.73 Å². The van der Waals surface area contributed by atoms with Gasteiger partial charge in [-0.25, -0.2) is 4.79 Å². The molecule has 37 heavy (non-hydrogen) atoms. The van der Waals surface area contributed by atoms with Crippen LogP contribution in [0.3, 0.4) is 0 Å². The van der Waals surface area contributed by atoms with Crippen molar-refractivity contribution in [1.82, 2.24) is 0 Å². The van der Waals surface area contributed by atoms with Gasteiger partial charge in [0.1, 0.15) is 17.2 Å². The Morgan fingerprint density at radius 3 is 2.11 bits per heavy atom. The summed E-state index contributed by atoms with van der Waals surface area (Å²) < 4.78 is 12.2. The number of nitrogens with one attached hydrogen (secondary N) is 1. The van der Waals surface area contributed by atoms with Crippen molar-refractivity contribution in [3.8, 4) is 17.2 Å². The molecule has 1 aliphatic rings. The van der Waals surface area contributed by atoms with Crippen LogP contribution < -0.4 is 20.5 Å². The lowest BCUT2D eigenvalue weighted by Gasteiger charge is -2.26. The Kier molecular flexibility index (Phi) is 7.05. The molecule has 4 N–H and O–H groups in total. The van der Waals surface area contributed by atoms with Crippen LogP contribution in [0.2, 0.25) is 0 Å². The third-order valence-electron chi connectivity index (χ3n) is 6.56. The van der Waals surface area contributed by atoms with Gasteiger partial charge in [0.2, 0.25) is 0 Å². The van der Waals surface area contributed by atoms with E-state index in [0.29, 0.717) is 23.1 Å². The van der Waals surface area contributed by atoms with Crippen LogP contribution in [0.1, 0.15) is 46.4 Å². The number of carboxylic acid groups (broad SMARTS) is 1. The lowest BCUT2D eigenvalue weighted by atomic mass is 9.94. The molecule has 7 heteroatoms. The van der Waals surface area contributed by atoms with Crippen molar-refractivity contribution in [2.75, 3.05) is 5.32 Å². The zero-order chi connectivity index (χ0) is 25.8. The number of ether oxygens (including phenoxy) is 2. The summed E-state index contributed by atoms with van der Waals surface area (Å²) in [6.07, 6.45) is 4.20. The number of carbonyl (C=O) groups is 2. The van der Waals surface area contributed by atoms with Gasteiger partial charge in [0, 0.05) is 11.6 Å². The fraction of sp³-hybridized carbons (Fsp3) is 0.200. The summed E-state index contributed by atoms with van der Waals surface area (Å²) in [5.41, 5.74) is 6.66. The Balaban J connectivity index is 1.23. The van der Waals surface area contributed by atoms with E-state index in [1.165, 1.54) is 6.07 Å². The van der Waals surface area contributed by atoms with E-state index in [2.05, 4.69) is 5.32 Å². The molecule has 188 valence electrons. The van der Waals surface area contributed by atoms with Gasteiger partial charge in [0.15, 0.2) is 0 Å². The number of nitrogens with two attached hydrogens (primary N) is 1. The fourth-order valence-electron chi connectivity index (χ4n) is 4.52. The lowest BCUT2D eigenvalue weighted by Crippen LogP contribution is -2.31. The maximum atomic E-state index is 12.6. The molecule has 1 amide bonds. The SMILES string of the molecule is NC1CCC(Oc2ccc3cc(Oc4ccc(C(=O)Nc5ccccc5C(=O)O)cc4)ccc3c2)CC1. The standard InChI is InChI=1S/C30H28N2O5/c31-22-9-15-24(16-10-22)37-26-14-8-20-17-25(13-7-21(20)18-26)36-23-11-5-19(6-12-23)29(33)32-28-4-2-1-3-27(28)30(34)35/h1-8,11-14,17-18,22,24H,9-10,15-16,31H2,(H,32,33)(H,34,35). The largest absolute Gasteiger partial charge is 0.490 e. The van der Waals surface area contributed by atoms with Gasteiger partial charge < -0.3 is 25.6 Å². The average molecular weight is 497 g/mol. The van der Waals surface area contributed by atoms with E-state index >= 15 is 0 Å². The normalized spacial score (nSPS) is 17.2. The number of carboxylic acids is 1. The first-order valence-corrected chi connectivity index (χ1v) is 12.3. The Hall–Kier alpha value is -4.36. The van der Waals surface area contributed by atoms with Crippen molar-refractivity contribution < 1.29 is 24.2 Å². The van der Waals surface area contributed by atoms with Gasteiger partial charge in [-0.2, -0.15) is 0 Å². The zero-order valence-corrected chi connectivity index (χ0v) is 20.2. The van der Waals surface area contributed by atoms with Crippen LogP contribution in [0, 0.1) is 0 Å². The number of aromatic carboxylic acids is 1. The number of rotatable bonds is 7. The minimum absolute atomic E-state index is 0.0320. The molecule has 1 fully saturated rings. The first-order valence-electron chi connectivity index (χ1n) is 12.3. The first kappa shape index (κ1) is 24.3. The third-order valence-corrected chi connectivity index (χ3v) is 6.56. The summed E-state index contributed by atoms with van der Waals surface area (Å²) in [7, 11) is 0. The highest BCUT2D eigenvalue weighted by atomic mass is 16.5. The minimum Gasteiger partial charge on any atom is -0.490 e. The van der Waals surface area contributed by atoms with Crippen LogP contribution in [-0.2, 0) is 0 Å². The van der Waals surface area contributed by atoms with Gasteiger partial charge in [-0.1, -0.05) is 24.3 Å². The Morgan fingerprint density at radius 2 is 1.41 bits per heavy atom. The molecule has 1 aliphatic carbocycles. The predicted molar refractivity (Wildman–Crippen MR) is 143 cm³/mol. The molecule has 4 aromatic rings. The molecule has 0 radical (unpaired) electrons. The first-order chi connectivity index (χ1) is 17.9. The Morgan fingerprint density at radius 1 is 0.784 bits per heavy atom. The van der Waals surface area contributed by atoms with Gasteiger partial charge in [0.25, 0.3) is 5.91 Å². The number of carbonyl (C=O) groups excluding carboxylic acids is 1. The summed E-state index contributed by atoms with van der Waals surface area (Å²) in [4.78, 5) is 24.0. The highest BCUT2D eigenvalue weighted by molar-refractivity contribution is 6.07. The number of para-hydroxylation sites is 1. The predicted octanol–water partition coefficient (Wildman–Crippen LogP) is 6.23. The summed E-state index contributed by atoms with van der Waals surface area (Å²) in [6.45, 7) is 0. The molecule has 0 aliphatic heterocycles. The second kappa shape index (κ2) is 10.7. The number of hydrogen-bond acceptors (Lipinski definition) is 5. The second-order valence-corrected chi connectivity index (χ2v) is 9.26. The van der Waals surface area contributed by atoms with E-state index < -0.39 is 11.9 Å². The van der Waals surface area contributed by atoms with Crippen molar-refractivity contribution in [2.45, 2.75) is 37.8 Å². The van der Waals surface area contributed by atoms with Crippen molar-refractivity contribution in [3.05, 3.63) is 96.1 Å². The molecule has 5 rings (SSSR count). The maximum absolute atomic E-state index is 12.6. The second-order valence-electron chi connectivity index (χ2n) is 9.26. The third kappa shape index (κ3) is 5.90. The molecule has 0 unspecified atom stereocenters. The minimum atomic E-state index is -1.10. The van der Waals surface area contributed by atoms with E-state index in [-0.39, 0.29) is 17.4 Å². The highest BCUT2D eigenvalue weighted by Crippen LogP contribution is 2.30. The molecule has 0 bridgehead atoms. The van der Waals surface area contributed by atoms with Crippen LogP contribution in [0.25, 0.3) is 10.8 Å². The fourth-order valence-corrected chi connectivity index (χ4v) is 4.52. The molecule has 1 saturated carbocycles. The topological polar surface area (TPSA) is 111 Å². The highest BCUT2D eigenvalue weighted by Gasteiger charge is 2.20. The number of fused-ring (bicyclic) bond motifs is 1. The number of hydrogen-bond donors (Lipinski definition) is 3. The maximum Gasteiger partial charge on any atom is 0.337 e. The molecular weight excluding hydrogens is 468 g/mol. The molecule has 0 saturated heterocycles. The van der Waals surface area contributed by atoms with Crippen LogP contribution in [0.4, 0.5) is 5.69 Å². The molecule has 0 atom stereocenters. The van der Waals surface area contributed by atoms with Crippen molar-refractivity contribution in [1.29, 1.82) is 0 Å². The summed E-state index contributed by atoms with van der Waals surface area (Å²) >= 11 is 0. The number of benzene rings is 4. The van der Waals surface area contributed by atoms with Crippen molar-refractivity contribution in [3.63, 3.8) is 0 Å². The smallest absolute Gasteiger partial charge is 0.337 e. The van der Waals surface area contributed by atoms with Gasteiger partial charge in [-0.05, 0) is 97.1 Å². The molecule has 4 aromatic carbocycles. The van der Waals surface area contributed by atoms with Gasteiger partial charge in [-0.15, -0.1) is 0 Å². The molecule has 7 nitrogen and oxygen atoms in total. The summed E-state index contributed by atoms with van der Waals surface area (Å²) in [5.74, 6) is 0.613. The lowest BCUT2D eigenvalue weighted by molar-refractivity contribution is 0.0698. The van der Waals surface area contributed by atoms with E-state index in [0.717, 1.165) is 42.2 Å². The monoisotopic (exact) mass is 496 g/mol. The van der Waals surface area contributed by atoms with Crippen LogP contribution >= 0.6 is 0 Å². The molecule has 0 aromatic heterocycles. The number of anilines is 1. The van der Waals surface area contributed by atoms with Gasteiger partial charge >= 0.3 is 5.97 Å². The molecule has 0 heterocycles. The van der Waals surface area contributed by atoms with E-state index in [1.54, 1.807) is 42.5 Å².